The van der Waals surface area contributed by atoms with Gasteiger partial charge in [-0.15, -0.1) is 0 Å². The average molecular weight is 358 g/mol. The van der Waals surface area contributed by atoms with Crippen LogP contribution in [0.15, 0.2) is 36.9 Å². The maximum Gasteiger partial charge on any atom is 0.330 e. The summed E-state index contributed by atoms with van der Waals surface area (Å²) in [6.45, 7) is 3.25. The fourth-order valence-electron chi connectivity index (χ4n) is 3.03. The first-order chi connectivity index (χ1) is 12.1. The molecule has 3 rings (SSSR count). The lowest BCUT2D eigenvalue weighted by Gasteiger charge is -2.21. The number of hydrogen-bond donors (Lipinski definition) is 3. The van der Waals surface area contributed by atoms with Gasteiger partial charge >= 0.3 is 6.03 Å². The third-order valence-electron chi connectivity index (χ3n) is 4.27. The monoisotopic (exact) mass is 358 g/mol. The quantitative estimate of drug-likeness (QED) is 0.717. The summed E-state index contributed by atoms with van der Waals surface area (Å²) in [5, 5.41) is 3.00. The van der Waals surface area contributed by atoms with Crippen molar-refractivity contribution in [2.75, 3.05) is 29.9 Å². The first-order valence-corrected chi connectivity index (χ1v) is 8.46. The lowest BCUT2D eigenvalue weighted by atomic mass is 10.0. The SMILES string of the molecule is CN/C=C(\NS)c1cccc(N2CCN(c3cn(C)cn3)C2=O)c1C. The zero-order chi connectivity index (χ0) is 18.0. The summed E-state index contributed by atoms with van der Waals surface area (Å²) in [5.41, 5.74) is 3.75. The molecule has 0 unspecified atom stereocenters. The van der Waals surface area contributed by atoms with Crippen LogP contribution in [0.4, 0.5) is 16.3 Å². The van der Waals surface area contributed by atoms with Gasteiger partial charge in [-0.2, -0.15) is 0 Å². The number of nitrogens with zero attached hydrogens (tertiary/aromatic N) is 4. The van der Waals surface area contributed by atoms with E-state index < -0.39 is 0 Å². The van der Waals surface area contributed by atoms with Crippen molar-refractivity contribution in [1.29, 1.82) is 0 Å². The fraction of sp³-hybridized carbons (Fsp3) is 0.294. The number of imidazole rings is 1. The maximum atomic E-state index is 12.9. The van der Waals surface area contributed by atoms with Gasteiger partial charge in [0.05, 0.1) is 12.0 Å². The molecule has 8 heteroatoms. The number of carbonyl (C=O) groups excluding carboxylic acids is 1. The fourth-order valence-corrected chi connectivity index (χ4v) is 3.22. The van der Waals surface area contributed by atoms with Crippen LogP contribution in [0.5, 0.6) is 0 Å². The summed E-state index contributed by atoms with van der Waals surface area (Å²) in [5.74, 6) is 0.677. The molecule has 0 atom stereocenters. The first kappa shape index (κ1) is 17.2. The molecule has 7 nitrogen and oxygen atoms in total. The number of aryl methyl sites for hydroxylation is 1. The second-order valence-electron chi connectivity index (χ2n) is 5.89. The second-order valence-corrected chi connectivity index (χ2v) is 6.11. The van der Waals surface area contributed by atoms with E-state index in [1.54, 1.807) is 16.1 Å². The summed E-state index contributed by atoms with van der Waals surface area (Å²) < 4.78 is 4.73. The van der Waals surface area contributed by atoms with Crippen molar-refractivity contribution in [2.45, 2.75) is 6.92 Å². The minimum Gasteiger partial charge on any atom is -0.392 e. The predicted octanol–water partition coefficient (Wildman–Crippen LogP) is 2.13. The van der Waals surface area contributed by atoms with Gasteiger partial charge in [0.1, 0.15) is 0 Å². The predicted molar refractivity (Wildman–Crippen MR) is 104 cm³/mol. The normalized spacial score (nSPS) is 15.0. The van der Waals surface area contributed by atoms with E-state index in [0.29, 0.717) is 18.9 Å². The van der Waals surface area contributed by atoms with Crippen molar-refractivity contribution in [3.63, 3.8) is 0 Å². The molecule has 2 heterocycles. The minimum absolute atomic E-state index is 0.0584. The standard InChI is InChI=1S/C17H22N6OS/c1-12-13(14(20-25)9-18-2)5-4-6-15(12)22-7-8-23(17(22)24)16-10-21(3)11-19-16/h4-6,9-11,18,20,25H,7-8H2,1-3H3/b14-9-. The molecular formula is C17H22N6OS. The highest BCUT2D eigenvalue weighted by Crippen LogP contribution is 2.30. The van der Waals surface area contributed by atoms with Crippen molar-refractivity contribution in [2.24, 2.45) is 7.05 Å². The van der Waals surface area contributed by atoms with E-state index >= 15 is 0 Å². The van der Waals surface area contributed by atoms with E-state index in [1.807, 2.05) is 56.2 Å². The Bertz CT molecular complexity index is 815. The molecule has 0 aliphatic carbocycles. The van der Waals surface area contributed by atoms with E-state index in [9.17, 15) is 4.79 Å². The third kappa shape index (κ3) is 3.17. The topological polar surface area (TPSA) is 65.4 Å². The van der Waals surface area contributed by atoms with Gasteiger partial charge in [-0.05, 0) is 18.6 Å². The van der Waals surface area contributed by atoms with Crippen molar-refractivity contribution < 1.29 is 4.79 Å². The van der Waals surface area contributed by atoms with Gasteiger partial charge in [0.15, 0.2) is 5.82 Å². The van der Waals surface area contributed by atoms with Crippen LogP contribution in [0.2, 0.25) is 0 Å². The molecule has 25 heavy (non-hydrogen) atoms. The molecule has 2 amide bonds. The van der Waals surface area contributed by atoms with Crippen LogP contribution >= 0.6 is 12.8 Å². The summed E-state index contributed by atoms with van der Waals surface area (Å²) >= 11 is 4.18. The molecular weight excluding hydrogens is 336 g/mol. The number of hydrogen-bond acceptors (Lipinski definition) is 5. The number of nitrogens with one attached hydrogen (secondary N) is 2. The number of aromatic nitrogens is 2. The van der Waals surface area contributed by atoms with Crippen molar-refractivity contribution >= 4 is 36.0 Å². The minimum atomic E-state index is -0.0584. The molecule has 2 N–H and O–H groups in total. The molecule has 1 aromatic heterocycles. The highest BCUT2D eigenvalue weighted by atomic mass is 32.1. The Morgan fingerprint density at radius 2 is 2.08 bits per heavy atom. The molecule has 1 fully saturated rings. The van der Waals surface area contributed by atoms with Crippen LogP contribution < -0.4 is 19.8 Å². The van der Waals surface area contributed by atoms with E-state index in [4.69, 9.17) is 0 Å². The highest BCUT2D eigenvalue weighted by molar-refractivity contribution is 7.78. The van der Waals surface area contributed by atoms with Crippen LogP contribution in [0.3, 0.4) is 0 Å². The van der Waals surface area contributed by atoms with Crippen LogP contribution in [0.1, 0.15) is 11.1 Å². The van der Waals surface area contributed by atoms with E-state index in [-0.39, 0.29) is 6.03 Å². The van der Waals surface area contributed by atoms with Gasteiger partial charge in [-0.25, -0.2) is 9.78 Å². The number of benzene rings is 1. The smallest absolute Gasteiger partial charge is 0.330 e. The first-order valence-electron chi connectivity index (χ1n) is 8.01. The Morgan fingerprint density at radius 1 is 1.32 bits per heavy atom. The molecule has 1 aliphatic rings. The van der Waals surface area contributed by atoms with Crippen molar-refractivity contribution in [3.8, 4) is 0 Å². The van der Waals surface area contributed by atoms with Gasteiger partial charge in [-0.3, -0.25) is 9.80 Å². The number of urea groups is 1. The molecule has 0 bridgehead atoms. The Morgan fingerprint density at radius 3 is 2.72 bits per heavy atom. The largest absolute Gasteiger partial charge is 0.392 e. The number of carbonyl (C=O) groups is 1. The molecule has 0 radical (unpaired) electrons. The number of thiol groups is 1. The van der Waals surface area contributed by atoms with Crippen molar-refractivity contribution in [1.82, 2.24) is 19.6 Å². The van der Waals surface area contributed by atoms with Crippen molar-refractivity contribution in [3.05, 3.63) is 48.1 Å². The Hall–Kier alpha value is -2.61. The Kier molecular flexibility index (Phi) is 4.89. The zero-order valence-corrected chi connectivity index (χ0v) is 15.4. The molecule has 1 aromatic carbocycles. The summed E-state index contributed by atoms with van der Waals surface area (Å²) in [6, 6.07) is 5.86. The summed E-state index contributed by atoms with van der Waals surface area (Å²) in [4.78, 5) is 20.7. The summed E-state index contributed by atoms with van der Waals surface area (Å²) in [7, 11) is 3.72. The van der Waals surface area contributed by atoms with E-state index in [0.717, 1.165) is 22.5 Å². The molecule has 132 valence electrons. The maximum absolute atomic E-state index is 12.9. The second kappa shape index (κ2) is 7.10. The Balaban J connectivity index is 1.93. The molecule has 0 saturated carbocycles. The highest BCUT2D eigenvalue weighted by Gasteiger charge is 2.32. The van der Waals surface area contributed by atoms with Crippen LogP contribution in [0.25, 0.3) is 5.70 Å². The third-order valence-corrected chi connectivity index (χ3v) is 4.51. The van der Waals surface area contributed by atoms with E-state index in [2.05, 4.69) is 27.8 Å². The van der Waals surface area contributed by atoms with Gasteiger partial charge in [-0.1, -0.05) is 24.9 Å². The average Bonchev–Trinajstić information content (AvgIpc) is 3.19. The van der Waals surface area contributed by atoms with E-state index in [1.165, 1.54) is 0 Å². The van der Waals surface area contributed by atoms with Gasteiger partial charge in [0.2, 0.25) is 0 Å². The molecule has 0 spiro atoms. The van der Waals surface area contributed by atoms with Gasteiger partial charge < -0.3 is 14.6 Å². The molecule has 2 aromatic rings. The number of anilines is 2. The number of rotatable bonds is 5. The Labute approximate surface area is 152 Å². The van der Waals surface area contributed by atoms with Crippen LogP contribution in [0, 0.1) is 6.92 Å². The number of amides is 2. The van der Waals surface area contributed by atoms with Crippen LogP contribution in [-0.4, -0.2) is 35.7 Å². The summed E-state index contributed by atoms with van der Waals surface area (Å²) in [6.07, 6.45) is 5.39. The molecule has 1 aliphatic heterocycles. The van der Waals surface area contributed by atoms with Gasteiger partial charge in [0, 0.05) is 50.8 Å². The van der Waals surface area contributed by atoms with Gasteiger partial charge in [0.25, 0.3) is 0 Å². The zero-order valence-electron chi connectivity index (χ0n) is 14.5. The lowest BCUT2D eigenvalue weighted by molar-refractivity contribution is 0.255. The lowest BCUT2D eigenvalue weighted by Crippen LogP contribution is -2.32. The van der Waals surface area contributed by atoms with Crippen LogP contribution in [-0.2, 0) is 7.05 Å². The molecule has 1 saturated heterocycles.